The van der Waals surface area contributed by atoms with Crippen LogP contribution in [0.15, 0.2) is 24.3 Å². The van der Waals surface area contributed by atoms with Crippen LogP contribution >= 0.6 is 0 Å². The van der Waals surface area contributed by atoms with Gasteiger partial charge in [0.25, 0.3) is 0 Å². The first-order valence-corrected chi connectivity index (χ1v) is 5.74. The maximum absolute atomic E-state index is 12.7. The van der Waals surface area contributed by atoms with Gasteiger partial charge in [0.1, 0.15) is 5.82 Å². The molecule has 0 aliphatic heterocycles. The molecule has 1 aliphatic rings. The highest BCUT2D eigenvalue weighted by Gasteiger charge is 2.30. The maximum atomic E-state index is 12.7. The number of hydrogen-bond donors (Lipinski definition) is 0. The molecule has 16 heavy (non-hydrogen) atoms. The average molecular weight is 221 g/mol. The highest BCUT2D eigenvalue weighted by atomic mass is 19.1. The molecular formula is C13H16FNO. The number of nitrogens with zero attached hydrogens (tertiary/aromatic N) is 1. The fourth-order valence-corrected chi connectivity index (χ4v) is 1.90. The molecule has 2 nitrogen and oxygen atoms in total. The summed E-state index contributed by atoms with van der Waals surface area (Å²) in [6, 6.07) is 6.60. The van der Waals surface area contributed by atoms with Crippen molar-refractivity contribution in [2.24, 2.45) is 0 Å². The van der Waals surface area contributed by atoms with Crippen molar-refractivity contribution in [1.82, 2.24) is 4.90 Å². The molecule has 1 fully saturated rings. The van der Waals surface area contributed by atoms with Gasteiger partial charge >= 0.3 is 0 Å². The summed E-state index contributed by atoms with van der Waals surface area (Å²) < 4.78 is 12.7. The lowest BCUT2D eigenvalue weighted by Gasteiger charge is -2.20. The van der Waals surface area contributed by atoms with Crippen molar-refractivity contribution in [3.05, 3.63) is 35.6 Å². The Balaban J connectivity index is 1.97. The zero-order valence-corrected chi connectivity index (χ0v) is 9.45. The second-order valence-corrected chi connectivity index (χ2v) is 4.21. The maximum Gasteiger partial charge on any atom is 0.227 e. The van der Waals surface area contributed by atoms with E-state index in [4.69, 9.17) is 0 Å². The van der Waals surface area contributed by atoms with Crippen LogP contribution in [0.2, 0.25) is 0 Å². The van der Waals surface area contributed by atoms with Gasteiger partial charge in [-0.05, 0) is 37.5 Å². The Morgan fingerprint density at radius 2 is 2.00 bits per heavy atom. The summed E-state index contributed by atoms with van der Waals surface area (Å²) in [7, 11) is 0. The van der Waals surface area contributed by atoms with Gasteiger partial charge in [-0.3, -0.25) is 4.79 Å². The van der Waals surface area contributed by atoms with Crippen LogP contribution in [-0.4, -0.2) is 23.4 Å². The molecule has 1 aromatic carbocycles. The molecule has 0 aromatic heterocycles. The van der Waals surface area contributed by atoms with E-state index in [0.29, 0.717) is 12.5 Å². The summed E-state index contributed by atoms with van der Waals surface area (Å²) in [5.41, 5.74) is 0.880. The van der Waals surface area contributed by atoms with Gasteiger partial charge in [-0.2, -0.15) is 0 Å². The quantitative estimate of drug-likeness (QED) is 0.764. The smallest absolute Gasteiger partial charge is 0.227 e. The number of benzene rings is 1. The fraction of sp³-hybridized carbons (Fsp3) is 0.462. The summed E-state index contributed by atoms with van der Waals surface area (Å²) in [6.07, 6.45) is 2.64. The SMILES string of the molecule is CCN(C(=O)Cc1ccc(F)cc1)C1CC1. The normalized spacial score (nSPS) is 14.9. The highest BCUT2D eigenvalue weighted by molar-refractivity contribution is 5.79. The van der Waals surface area contributed by atoms with E-state index in [2.05, 4.69) is 0 Å². The molecule has 0 saturated heterocycles. The molecule has 0 spiro atoms. The fourth-order valence-electron chi connectivity index (χ4n) is 1.90. The Hall–Kier alpha value is -1.38. The Labute approximate surface area is 95.1 Å². The monoisotopic (exact) mass is 221 g/mol. The van der Waals surface area contributed by atoms with E-state index in [1.54, 1.807) is 12.1 Å². The van der Waals surface area contributed by atoms with Crippen LogP contribution in [0.1, 0.15) is 25.3 Å². The van der Waals surface area contributed by atoms with Crippen molar-refractivity contribution in [2.75, 3.05) is 6.54 Å². The Kier molecular flexibility index (Phi) is 3.22. The van der Waals surface area contributed by atoms with Crippen LogP contribution in [-0.2, 0) is 11.2 Å². The second-order valence-electron chi connectivity index (χ2n) is 4.21. The standard InChI is InChI=1S/C13H16FNO/c1-2-15(12-7-8-12)13(16)9-10-3-5-11(14)6-4-10/h3-6,12H,2,7-9H2,1H3. The Bertz CT molecular complexity index is 370. The predicted octanol–water partition coefficient (Wildman–Crippen LogP) is 2.38. The van der Waals surface area contributed by atoms with Crippen molar-refractivity contribution in [1.29, 1.82) is 0 Å². The highest BCUT2D eigenvalue weighted by Crippen LogP contribution is 2.27. The Morgan fingerprint density at radius 3 is 2.50 bits per heavy atom. The lowest BCUT2D eigenvalue weighted by Crippen LogP contribution is -2.34. The van der Waals surface area contributed by atoms with E-state index in [1.165, 1.54) is 12.1 Å². The van der Waals surface area contributed by atoms with Crippen LogP contribution < -0.4 is 0 Å². The molecule has 1 aliphatic carbocycles. The van der Waals surface area contributed by atoms with Crippen molar-refractivity contribution in [3.8, 4) is 0 Å². The van der Waals surface area contributed by atoms with Gasteiger partial charge < -0.3 is 4.90 Å². The zero-order valence-electron chi connectivity index (χ0n) is 9.45. The average Bonchev–Trinajstić information content (AvgIpc) is 3.07. The minimum absolute atomic E-state index is 0.150. The van der Waals surface area contributed by atoms with Crippen LogP contribution in [0.25, 0.3) is 0 Å². The Morgan fingerprint density at radius 1 is 1.38 bits per heavy atom. The van der Waals surface area contributed by atoms with Crippen LogP contribution in [0.3, 0.4) is 0 Å². The molecule has 0 radical (unpaired) electrons. The van der Waals surface area contributed by atoms with Gasteiger partial charge in [-0.25, -0.2) is 4.39 Å². The van der Waals surface area contributed by atoms with E-state index >= 15 is 0 Å². The number of rotatable bonds is 4. The molecule has 3 heteroatoms. The topological polar surface area (TPSA) is 20.3 Å². The third kappa shape index (κ3) is 2.60. The van der Waals surface area contributed by atoms with Gasteiger partial charge in [0.15, 0.2) is 0 Å². The molecule has 1 amide bonds. The lowest BCUT2D eigenvalue weighted by molar-refractivity contribution is -0.130. The van der Waals surface area contributed by atoms with Gasteiger partial charge in [-0.15, -0.1) is 0 Å². The summed E-state index contributed by atoms with van der Waals surface area (Å²) in [4.78, 5) is 13.9. The van der Waals surface area contributed by atoms with E-state index in [-0.39, 0.29) is 11.7 Å². The minimum Gasteiger partial charge on any atom is -0.340 e. The first-order valence-electron chi connectivity index (χ1n) is 5.74. The van der Waals surface area contributed by atoms with E-state index in [1.807, 2.05) is 11.8 Å². The second kappa shape index (κ2) is 4.64. The number of amides is 1. The number of carbonyl (C=O) groups excluding carboxylic acids is 1. The largest absolute Gasteiger partial charge is 0.340 e. The van der Waals surface area contributed by atoms with Gasteiger partial charge in [0.2, 0.25) is 5.91 Å². The van der Waals surface area contributed by atoms with Gasteiger partial charge in [0.05, 0.1) is 6.42 Å². The molecule has 0 heterocycles. The van der Waals surface area contributed by atoms with Crippen LogP contribution in [0.4, 0.5) is 4.39 Å². The lowest BCUT2D eigenvalue weighted by atomic mass is 10.1. The summed E-state index contributed by atoms with van der Waals surface area (Å²) in [5, 5.41) is 0. The van der Waals surface area contributed by atoms with E-state index in [9.17, 15) is 9.18 Å². The van der Waals surface area contributed by atoms with Gasteiger partial charge in [-0.1, -0.05) is 12.1 Å². The number of carbonyl (C=O) groups is 1. The van der Waals surface area contributed by atoms with Crippen LogP contribution in [0.5, 0.6) is 0 Å². The van der Waals surface area contributed by atoms with E-state index < -0.39 is 0 Å². The molecule has 0 atom stereocenters. The molecule has 1 saturated carbocycles. The number of hydrogen-bond acceptors (Lipinski definition) is 1. The summed E-state index contributed by atoms with van der Waals surface area (Å²) in [5.74, 6) is -0.109. The van der Waals surface area contributed by atoms with Crippen molar-refractivity contribution < 1.29 is 9.18 Å². The van der Waals surface area contributed by atoms with E-state index in [0.717, 1.165) is 24.9 Å². The molecular weight excluding hydrogens is 205 g/mol. The minimum atomic E-state index is -0.259. The van der Waals surface area contributed by atoms with Crippen LogP contribution in [0, 0.1) is 5.82 Å². The number of halogens is 1. The molecule has 1 aromatic rings. The predicted molar refractivity (Wildman–Crippen MR) is 60.5 cm³/mol. The summed E-state index contributed by atoms with van der Waals surface area (Å²) >= 11 is 0. The molecule has 86 valence electrons. The molecule has 0 N–H and O–H groups in total. The first-order chi connectivity index (χ1) is 7.70. The molecule has 0 bridgehead atoms. The van der Waals surface area contributed by atoms with Gasteiger partial charge in [0, 0.05) is 12.6 Å². The third-order valence-corrected chi connectivity index (χ3v) is 2.92. The molecule has 2 rings (SSSR count). The zero-order chi connectivity index (χ0) is 11.5. The first kappa shape index (κ1) is 11.1. The third-order valence-electron chi connectivity index (χ3n) is 2.92. The molecule has 0 unspecified atom stereocenters. The number of likely N-dealkylation sites (N-methyl/N-ethyl adjacent to an activating group) is 1. The van der Waals surface area contributed by atoms with Crippen molar-refractivity contribution >= 4 is 5.91 Å². The van der Waals surface area contributed by atoms with Crippen molar-refractivity contribution in [3.63, 3.8) is 0 Å². The summed E-state index contributed by atoms with van der Waals surface area (Å²) in [6.45, 7) is 2.77. The van der Waals surface area contributed by atoms with Crippen molar-refractivity contribution in [2.45, 2.75) is 32.2 Å².